The molecule has 2 amide bonds. The molecule has 21 heavy (non-hydrogen) atoms. The number of nitrogens with one attached hydrogen (secondary N) is 1. The van der Waals surface area contributed by atoms with Crippen LogP contribution in [-0.4, -0.2) is 34.6 Å². The topological polar surface area (TPSA) is 69.6 Å². The maximum Gasteiger partial charge on any atom is 0.337 e. The van der Waals surface area contributed by atoms with E-state index < -0.39 is 5.97 Å². The Morgan fingerprint density at radius 2 is 2.10 bits per heavy atom. The summed E-state index contributed by atoms with van der Waals surface area (Å²) in [6.45, 7) is 4.96. The molecule has 0 spiro atoms. The minimum Gasteiger partial charge on any atom is -0.478 e. The quantitative estimate of drug-likeness (QED) is 0.875. The van der Waals surface area contributed by atoms with E-state index >= 15 is 0 Å². The van der Waals surface area contributed by atoms with Crippen LogP contribution in [0, 0.1) is 5.92 Å². The number of urea groups is 1. The SMILES string of the molecule is CC1CCN(C(=O)Nc2ccc(C(=O)O)c(Cl)c2)C(C)C1. The molecule has 0 aromatic heterocycles. The van der Waals surface area contributed by atoms with Gasteiger partial charge in [-0.25, -0.2) is 9.59 Å². The van der Waals surface area contributed by atoms with Crippen LogP contribution in [0.1, 0.15) is 37.0 Å². The Hall–Kier alpha value is -1.75. The van der Waals surface area contributed by atoms with Gasteiger partial charge in [0.1, 0.15) is 0 Å². The number of carbonyl (C=O) groups excluding carboxylic acids is 1. The molecule has 1 aromatic rings. The molecule has 2 atom stereocenters. The van der Waals surface area contributed by atoms with Gasteiger partial charge in [-0.15, -0.1) is 0 Å². The van der Waals surface area contributed by atoms with Crippen LogP contribution in [0.25, 0.3) is 0 Å². The first-order valence-corrected chi connectivity index (χ1v) is 7.36. The highest BCUT2D eigenvalue weighted by molar-refractivity contribution is 6.33. The molecule has 5 nitrogen and oxygen atoms in total. The smallest absolute Gasteiger partial charge is 0.337 e. The van der Waals surface area contributed by atoms with Crippen LogP contribution in [-0.2, 0) is 0 Å². The number of hydrogen-bond donors (Lipinski definition) is 2. The third kappa shape index (κ3) is 3.67. The highest BCUT2D eigenvalue weighted by atomic mass is 35.5. The maximum atomic E-state index is 12.3. The van der Waals surface area contributed by atoms with Crippen molar-refractivity contribution in [3.05, 3.63) is 28.8 Å². The number of amides is 2. The van der Waals surface area contributed by atoms with Crippen LogP contribution in [0.5, 0.6) is 0 Å². The molecule has 114 valence electrons. The van der Waals surface area contributed by atoms with E-state index in [1.807, 2.05) is 6.92 Å². The van der Waals surface area contributed by atoms with Crippen molar-refractivity contribution < 1.29 is 14.7 Å². The van der Waals surface area contributed by atoms with E-state index in [1.54, 1.807) is 11.0 Å². The summed E-state index contributed by atoms with van der Waals surface area (Å²) in [5.41, 5.74) is 0.524. The zero-order valence-electron chi connectivity index (χ0n) is 12.1. The molecule has 0 bridgehead atoms. The Kier molecular flexibility index (Phi) is 4.73. The number of carboxylic acid groups (broad SMARTS) is 1. The fraction of sp³-hybridized carbons (Fsp3) is 0.467. The first-order chi connectivity index (χ1) is 9.88. The molecular weight excluding hydrogens is 292 g/mol. The average molecular weight is 311 g/mol. The number of anilines is 1. The van der Waals surface area contributed by atoms with Crippen molar-refractivity contribution in [1.29, 1.82) is 0 Å². The molecule has 1 fully saturated rings. The van der Waals surface area contributed by atoms with Gasteiger partial charge in [-0.1, -0.05) is 18.5 Å². The molecule has 1 aliphatic heterocycles. The second-order valence-electron chi connectivity index (χ2n) is 5.60. The Morgan fingerprint density at radius 3 is 2.67 bits per heavy atom. The van der Waals surface area contributed by atoms with Crippen molar-refractivity contribution in [1.82, 2.24) is 4.90 Å². The number of piperidine rings is 1. The van der Waals surface area contributed by atoms with Gasteiger partial charge >= 0.3 is 12.0 Å². The third-order valence-electron chi connectivity index (χ3n) is 3.85. The molecule has 0 aliphatic carbocycles. The van der Waals surface area contributed by atoms with Gasteiger partial charge in [-0.05, 0) is 43.9 Å². The van der Waals surface area contributed by atoms with Gasteiger partial charge < -0.3 is 15.3 Å². The number of halogens is 1. The fourth-order valence-corrected chi connectivity index (χ4v) is 2.93. The lowest BCUT2D eigenvalue weighted by Gasteiger charge is -2.36. The van der Waals surface area contributed by atoms with E-state index in [-0.39, 0.29) is 22.7 Å². The number of carbonyl (C=O) groups is 2. The minimum atomic E-state index is -1.09. The van der Waals surface area contributed by atoms with E-state index in [1.165, 1.54) is 12.1 Å². The average Bonchev–Trinajstić information content (AvgIpc) is 2.37. The molecule has 2 unspecified atom stereocenters. The van der Waals surface area contributed by atoms with Crippen molar-refractivity contribution in [3.8, 4) is 0 Å². The molecule has 0 saturated carbocycles. The molecule has 2 N–H and O–H groups in total. The summed E-state index contributed by atoms with van der Waals surface area (Å²) in [4.78, 5) is 25.0. The van der Waals surface area contributed by atoms with E-state index in [9.17, 15) is 9.59 Å². The summed E-state index contributed by atoms with van der Waals surface area (Å²) in [5, 5.41) is 11.8. The number of hydrogen-bond acceptors (Lipinski definition) is 2. The first-order valence-electron chi connectivity index (χ1n) is 6.99. The van der Waals surface area contributed by atoms with Gasteiger partial charge in [0.15, 0.2) is 0 Å². The van der Waals surface area contributed by atoms with E-state index in [0.29, 0.717) is 11.6 Å². The summed E-state index contributed by atoms with van der Waals surface area (Å²) >= 11 is 5.90. The molecule has 1 aliphatic rings. The molecule has 6 heteroatoms. The number of aromatic carboxylic acids is 1. The van der Waals surface area contributed by atoms with Crippen LogP contribution in [0.2, 0.25) is 5.02 Å². The summed E-state index contributed by atoms with van der Waals surface area (Å²) in [7, 11) is 0. The predicted molar refractivity (Wildman–Crippen MR) is 82.0 cm³/mol. The lowest BCUT2D eigenvalue weighted by atomic mass is 9.94. The molecule has 1 aromatic carbocycles. The molecular formula is C15H19ClN2O3. The largest absolute Gasteiger partial charge is 0.478 e. The van der Waals surface area contributed by atoms with Crippen molar-refractivity contribution >= 4 is 29.3 Å². The second kappa shape index (κ2) is 6.35. The second-order valence-corrected chi connectivity index (χ2v) is 6.01. The van der Waals surface area contributed by atoms with Gasteiger partial charge in [0.25, 0.3) is 0 Å². The first kappa shape index (κ1) is 15.6. The van der Waals surface area contributed by atoms with Crippen LogP contribution >= 0.6 is 11.6 Å². The third-order valence-corrected chi connectivity index (χ3v) is 4.16. The van der Waals surface area contributed by atoms with E-state index in [4.69, 9.17) is 16.7 Å². The maximum absolute atomic E-state index is 12.3. The van der Waals surface area contributed by atoms with Crippen LogP contribution < -0.4 is 5.32 Å². The Bertz CT molecular complexity index is 562. The number of likely N-dealkylation sites (tertiary alicyclic amines) is 1. The lowest BCUT2D eigenvalue weighted by Crippen LogP contribution is -2.46. The normalized spacial score (nSPS) is 22.0. The van der Waals surface area contributed by atoms with Gasteiger partial charge in [-0.2, -0.15) is 0 Å². The van der Waals surface area contributed by atoms with Gasteiger partial charge in [0, 0.05) is 18.3 Å². The highest BCUT2D eigenvalue weighted by Gasteiger charge is 2.26. The minimum absolute atomic E-state index is 0.0230. The highest BCUT2D eigenvalue weighted by Crippen LogP contribution is 2.24. The molecule has 0 radical (unpaired) electrons. The van der Waals surface area contributed by atoms with Crippen molar-refractivity contribution in [3.63, 3.8) is 0 Å². The monoisotopic (exact) mass is 310 g/mol. The van der Waals surface area contributed by atoms with Gasteiger partial charge in [-0.3, -0.25) is 0 Å². The van der Waals surface area contributed by atoms with Crippen molar-refractivity contribution in [2.24, 2.45) is 5.92 Å². The molecule has 1 heterocycles. The number of nitrogens with zero attached hydrogens (tertiary/aromatic N) is 1. The Morgan fingerprint density at radius 1 is 1.38 bits per heavy atom. The van der Waals surface area contributed by atoms with Crippen LogP contribution in [0.4, 0.5) is 10.5 Å². The van der Waals surface area contributed by atoms with E-state index in [2.05, 4.69) is 12.2 Å². The van der Waals surface area contributed by atoms with Crippen molar-refractivity contribution in [2.45, 2.75) is 32.7 Å². The zero-order chi connectivity index (χ0) is 15.6. The summed E-state index contributed by atoms with van der Waals surface area (Å²) in [5.74, 6) is -0.454. The lowest BCUT2D eigenvalue weighted by molar-refractivity contribution is 0.0697. The van der Waals surface area contributed by atoms with Gasteiger partial charge in [0.2, 0.25) is 0 Å². The molecule has 2 rings (SSSR count). The zero-order valence-corrected chi connectivity index (χ0v) is 12.9. The summed E-state index contributed by atoms with van der Waals surface area (Å²) in [6.07, 6.45) is 1.99. The molecule has 1 saturated heterocycles. The Balaban J connectivity index is 2.06. The van der Waals surface area contributed by atoms with Crippen LogP contribution in [0.15, 0.2) is 18.2 Å². The Labute approximate surface area is 128 Å². The summed E-state index contributed by atoms with van der Waals surface area (Å²) in [6, 6.07) is 4.42. The van der Waals surface area contributed by atoms with Crippen LogP contribution in [0.3, 0.4) is 0 Å². The number of benzene rings is 1. The predicted octanol–water partition coefficient (Wildman–Crippen LogP) is 3.69. The standard InChI is InChI=1S/C15H19ClN2O3/c1-9-5-6-18(10(2)7-9)15(21)17-11-3-4-12(14(19)20)13(16)8-11/h3-4,8-10H,5-7H2,1-2H3,(H,17,21)(H,19,20). The van der Waals surface area contributed by atoms with Crippen molar-refractivity contribution in [2.75, 3.05) is 11.9 Å². The van der Waals surface area contributed by atoms with E-state index in [0.717, 1.165) is 19.4 Å². The van der Waals surface area contributed by atoms with Gasteiger partial charge in [0.05, 0.1) is 10.6 Å². The summed E-state index contributed by atoms with van der Waals surface area (Å²) < 4.78 is 0. The number of carboxylic acids is 1. The fourth-order valence-electron chi connectivity index (χ4n) is 2.67. The number of rotatable bonds is 2.